The number of nitrogen functional groups attached to an aromatic ring is 1. The number of anilines is 2. The number of nitrogens with two attached hydrogens (primary N) is 1. The zero-order valence-corrected chi connectivity index (χ0v) is 8.66. The summed E-state index contributed by atoms with van der Waals surface area (Å²) < 4.78 is 5.38. The monoisotopic (exact) mass is 195 g/mol. The molecule has 0 radical (unpaired) electrons. The summed E-state index contributed by atoms with van der Waals surface area (Å²) in [6.45, 7) is 5.49. The lowest BCUT2D eigenvalue weighted by Crippen LogP contribution is -2.13. The summed E-state index contributed by atoms with van der Waals surface area (Å²) in [7, 11) is 0. The minimum absolute atomic E-state index is 0.274. The third kappa shape index (κ3) is 4.09. The molecule has 14 heavy (non-hydrogen) atoms. The van der Waals surface area contributed by atoms with Gasteiger partial charge in [-0.05, 0) is 19.9 Å². The first-order valence-electron chi connectivity index (χ1n) is 4.74. The van der Waals surface area contributed by atoms with Crippen LogP contribution in [-0.2, 0) is 4.74 Å². The maximum atomic E-state index is 5.58. The molecule has 0 bridgehead atoms. The van der Waals surface area contributed by atoms with Gasteiger partial charge >= 0.3 is 0 Å². The quantitative estimate of drug-likeness (QED) is 0.699. The summed E-state index contributed by atoms with van der Waals surface area (Å²) in [5, 5.41) is 3.17. The molecule has 1 heterocycles. The van der Waals surface area contributed by atoms with Crippen molar-refractivity contribution in [3.05, 3.63) is 18.5 Å². The highest BCUT2D eigenvalue weighted by Gasteiger charge is 1.94. The van der Waals surface area contributed by atoms with Crippen molar-refractivity contribution in [2.24, 2.45) is 0 Å². The molecule has 1 rings (SSSR count). The largest absolute Gasteiger partial charge is 0.397 e. The van der Waals surface area contributed by atoms with Crippen LogP contribution in [0.15, 0.2) is 18.5 Å². The molecule has 0 aliphatic rings. The second-order valence-electron chi connectivity index (χ2n) is 3.35. The fourth-order valence-corrected chi connectivity index (χ4v) is 1.04. The van der Waals surface area contributed by atoms with Crippen molar-refractivity contribution < 1.29 is 4.74 Å². The van der Waals surface area contributed by atoms with E-state index in [1.54, 1.807) is 12.4 Å². The number of aromatic nitrogens is 1. The van der Waals surface area contributed by atoms with Gasteiger partial charge in [0.2, 0.25) is 0 Å². The Balaban J connectivity index is 2.25. The number of pyridine rings is 1. The number of ether oxygens (including phenoxy) is 1. The third-order valence-electron chi connectivity index (χ3n) is 1.64. The molecule has 0 atom stereocenters. The molecule has 0 aliphatic carbocycles. The predicted molar refractivity (Wildman–Crippen MR) is 58.2 cm³/mol. The van der Waals surface area contributed by atoms with Crippen LogP contribution in [0.3, 0.4) is 0 Å². The Kier molecular flexibility index (Phi) is 4.19. The second kappa shape index (κ2) is 5.44. The van der Waals surface area contributed by atoms with Crippen LogP contribution in [0.4, 0.5) is 11.4 Å². The minimum atomic E-state index is 0.274. The molecular formula is C10H17N3O. The second-order valence-corrected chi connectivity index (χ2v) is 3.35. The van der Waals surface area contributed by atoms with Crippen LogP contribution >= 0.6 is 0 Å². The molecule has 0 unspecified atom stereocenters. The predicted octanol–water partition coefficient (Wildman–Crippen LogP) is 1.50. The van der Waals surface area contributed by atoms with Crippen molar-refractivity contribution >= 4 is 11.4 Å². The smallest absolute Gasteiger partial charge is 0.0642 e. The van der Waals surface area contributed by atoms with Crippen LogP contribution in [0, 0.1) is 0 Å². The summed E-state index contributed by atoms with van der Waals surface area (Å²) >= 11 is 0. The number of hydrogen-bond donors (Lipinski definition) is 2. The fourth-order valence-electron chi connectivity index (χ4n) is 1.04. The van der Waals surface area contributed by atoms with E-state index in [1.165, 1.54) is 0 Å². The molecule has 0 fully saturated rings. The summed E-state index contributed by atoms with van der Waals surface area (Å²) in [5.41, 5.74) is 7.17. The number of rotatable bonds is 5. The average molecular weight is 195 g/mol. The number of nitrogens with zero attached hydrogens (tertiary/aromatic N) is 1. The molecule has 1 aromatic rings. The van der Waals surface area contributed by atoms with Crippen molar-refractivity contribution in [1.82, 2.24) is 4.98 Å². The van der Waals surface area contributed by atoms with Gasteiger partial charge in [0.05, 0.1) is 30.3 Å². The third-order valence-corrected chi connectivity index (χ3v) is 1.64. The van der Waals surface area contributed by atoms with Gasteiger partial charge in [0.1, 0.15) is 0 Å². The molecule has 0 aromatic carbocycles. The van der Waals surface area contributed by atoms with E-state index in [1.807, 2.05) is 19.9 Å². The molecule has 0 amide bonds. The van der Waals surface area contributed by atoms with Gasteiger partial charge in [-0.2, -0.15) is 0 Å². The van der Waals surface area contributed by atoms with Crippen LogP contribution < -0.4 is 11.1 Å². The van der Waals surface area contributed by atoms with Gasteiger partial charge in [0, 0.05) is 12.7 Å². The van der Waals surface area contributed by atoms with Gasteiger partial charge in [-0.3, -0.25) is 4.98 Å². The molecule has 0 spiro atoms. The first-order valence-corrected chi connectivity index (χ1v) is 4.74. The number of nitrogens with one attached hydrogen (secondary N) is 1. The maximum Gasteiger partial charge on any atom is 0.0642 e. The standard InChI is InChI=1S/C10H17N3O/c1-8(2)14-4-3-13-10-5-9(11)6-12-7-10/h5-8,13H,3-4,11H2,1-2H3. The van der Waals surface area contributed by atoms with Gasteiger partial charge < -0.3 is 15.8 Å². The highest BCUT2D eigenvalue weighted by Crippen LogP contribution is 2.08. The summed E-state index contributed by atoms with van der Waals surface area (Å²) in [5.74, 6) is 0. The van der Waals surface area contributed by atoms with Gasteiger partial charge in [-0.1, -0.05) is 0 Å². The van der Waals surface area contributed by atoms with Crippen molar-refractivity contribution in [2.75, 3.05) is 24.2 Å². The molecule has 3 N–H and O–H groups in total. The summed E-state index contributed by atoms with van der Waals surface area (Å²) in [4.78, 5) is 3.97. The van der Waals surface area contributed by atoms with Crippen LogP contribution in [-0.4, -0.2) is 24.2 Å². The average Bonchev–Trinajstić information content (AvgIpc) is 2.12. The highest BCUT2D eigenvalue weighted by molar-refractivity contribution is 5.51. The molecule has 4 heteroatoms. The molecular weight excluding hydrogens is 178 g/mol. The van der Waals surface area contributed by atoms with Crippen molar-refractivity contribution in [1.29, 1.82) is 0 Å². The van der Waals surface area contributed by atoms with E-state index in [4.69, 9.17) is 10.5 Å². The SMILES string of the molecule is CC(C)OCCNc1cncc(N)c1. The zero-order chi connectivity index (χ0) is 10.4. The summed E-state index contributed by atoms with van der Waals surface area (Å²) in [6.07, 6.45) is 3.64. The fraction of sp³-hybridized carbons (Fsp3) is 0.500. The Hall–Kier alpha value is -1.29. The van der Waals surface area contributed by atoms with Crippen molar-refractivity contribution in [3.63, 3.8) is 0 Å². The minimum Gasteiger partial charge on any atom is -0.397 e. The van der Waals surface area contributed by atoms with Crippen LogP contribution in [0.25, 0.3) is 0 Å². The molecule has 4 nitrogen and oxygen atoms in total. The van der Waals surface area contributed by atoms with E-state index in [2.05, 4.69) is 10.3 Å². The van der Waals surface area contributed by atoms with Gasteiger partial charge in [0.25, 0.3) is 0 Å². The van der Waals surface area contributed by atoms with E-state index >= 15 is 0 Å². The Labute approximate surface area is 84.5 Å². The van der Waals surface area contributed by atoms with Crippen LogP contribution in [0.1, 0.15) is 13.8 Å². The lowest BCUT2D eigenvalue weighted by Gasteiger charge is -2.09. The van der Waals surface area contributed by atoms with E-state index < -0.39 is 0 Å². The van der Waals surface area contributed by atoms with Gasteiger partial charge in [-0.15, -0.1) is 0 Å². The Bertz CT molecular complexity index is 276. The molecule has 0 aliphatic heterocycles. The first-order chi connectivity index (χ1) is 6.68. The maximum absolute atomic E-state index is 5.58. The van der Waals surface area contributed by atoms with E-state index in [9.17, 15) is 0 Å². The highest BCUT2D eigenvalue weighted by atomic mass is 16.5. The van der Waals surface area contributed by atoms with Crippen molar-refractivity contribution in [2.45, 2.75) is 20.0 Å². The molecule has 0 saturated heterocycles. The van der Waals surface area contributed by atoms with Gasteiger partial charge in [0.15, 0.2) is 0 Å². The zero-order valence-electron chi connectivity index (χ0n) is 8.66. The molecule has 0 saturated carbocycles. The van der Waals surface area contributed by atoms with E-state index in [0.717, 1.165) is 12.2 Å². The number of hydrogen-bond acceptors (Lipinski definition) is 4. The van der Waals surface area contributed by atoms with Gasteiger partial charge in [-0.25, -0.2) is 0 Å². The van der Waals surface area contributed by atoms with E-state index in [0.29, 0.717) is 12.3 Å². The van der Waals surface area contributed by atoms with Crippen molar-refractivity contribution in [3.8, 4) is 0 Å². The normalized spacial score (nSPS) is 10.5. The molecule has 1 aromatic heterocycles. The Morgan fingerprint density at radius 1 is 1.50 bits per heavy atom. The lowest BCUT2D eigenvalue weighted by molar-refractivity contribution is 0.0870. The Morgan fingerprint density at radius 3 is 2.93 bits per heavy atom. The first kappa shape index (κ1) is 10.8. The molecule has 78 valence electrons. The topological polar surface area (TPSA) is 60.2 Å². The van der Waals surface area contributed by atoms with Crippen LogP contribution in [0.2, 0.25) is 0 Å². The Morgan fingerprint density at radius 2 is 2.29 bits per heavy atom. The van der Waals surface area contributed by atoms with E-state index in [-0.39, 0.29) is 6.10 Å². The van der Waals surface area contributed by atoms with Crippen LogP contribution in [0.5, 0.6) is 0 Å². The summed E-state index contributed by atoms with van der Waals surface area (Å²) in [6, 6.07) is 1.85. The lowest BCUT2D eigenvalue weighted by atomic mass is 10.4.